The third-order valence-electron chi connectivity index (χ3n) is 6.64. The Bertz CT molecular complexity index is 1070. The van der Waals surface area contributed by atoms with Crippen LogP contribution in [0.2, 0.25) is 0 Å². The Morgan fingerprint density at radius 2 is 1.79 bits per heavy atom. The van der Waals surface area contributed by atoms with E-state index in [2.05, 4.69) is 4.90 Å². The summed E-state index contributed by atoms with van der Waals surface area (Å²) < 4.78 is 18.9. The first kappa shape index (κ1) is 22.9. The van der Waals surface area contributed by atoms with Crippen LogP contribution in [0.1, 0.15) is 24.0 Å². The van der Waals surface area contributed by atoms with Crippen molar-refractivity contribution < 1.29 is 23.5 Å². The number of benzene rings is 2. The number of carbonyl (C=O) groups is 3. The standard InChI is InChI=1S/C25H28FN3O4/c1-27-22(30)15-25(24(27)32,20-8-3-4-9-21(20)33-2)16-23(31)29-12-10-28(11-13-29)17-18-6-5-7-19(26)14-18/h3-9,14H,10-13,15-17H2,1-2H3. The number of nitrogens with zero attached hydrogens (tertiary/aromatic N) is 3. The number of rotatable bonds is 6. The highest BCUT2D eigenvalue weighted by atomic mass is 19.1. The molecule has 2 aromatic carbocycles. The first-order valence-electron chi connectivity index (χ1n) is 11.0. The predicted octanol–water partition coefficient (Wildman–Crippen LogP) is 2.20. The lowest BCUT2D eigenvalue weighted by Crippen LogP contribution is -2.50. The number of piperazine rings is 1. The van der Waals surface area contributed by atoms with Gasteiger partial charge in [0.05, 0.1) is 12.5 Å². The van der Waals surface area contributed by atoms with Gasteiger partial charge in [-0.25, -0.2) is 4.39 Å². The summed E-state index contributed by atoms with van der Waals surface area (Å²) in [5.74, 6) is -0.623. The Hall–Kier alpha value is -3.26. The smallest absolute Gasteiger partial charge is 0.240 e. The molecule has 2 heterocycles. The molecule has 1 unspecified atom stereocenters. The van der Waals surface area contributed by atoms with Crippen LogP contribution in [0.3, 0.4) is 0 Å². The fourth-order valence-corrected chi connectivity index (χ4v) is 4.79. The van der Waals surface area contributed by atoms with Gasteiger partial charge in [0.15, 0.2) is 0 Å². The number of methoxy groups -OCH3 is 1. The van der Waals surface area contributed by atoms with E-state index < -0.39 is 5.41 Å². The Kier molecular flexibility index (Phi) is 6.47. The summed E-state index contributed by atoms with van der Waals surface area (Å²) in [6.07, 6.45) is -0.153. The van der Waals surface area contributed by atoms with Crippen LogP contribution in [0.5, 0.6) is 5.75 Å². The Morgan fingerprint density at radius 1 is 1.06 bits per heavy atom. The minimum absolute atomic E-state index is 0.0615. The summed E-state index contributed by atoms with van der Waals surface area (Å²) >= 11 is 0. The van der Waals surface area contributed by atoms with Crippen LogP contribution in [0.25, 0.3) is 0 Å². The van der Waals surface area contributed by atoms with E-state index in [0.717, 1.165) is 10.5 Å². The van der Waals surface area contributed by atoms with E-state index in [1.54, 1.807) is 35.2 Å². The summed E-state index contributed by atoms with van der Waals surface area (Å²) in [5.41, 5.74) is 0.185. The highest BCUT2D eigenvalue weighted by Gasteiger charge is 2.54. The van der Waals surface area contributed by atoms with Gasteiger partial charge in [-0.15, -0.1) is 0 Å². The van der Waals surface area contributed by atoms with Crippen molar-refractivity contribution in [2.45, 2.75) is 24.8 Å². The number of halogens is 1. The molecule has 0 spiro atoms. The first-order valence-corrected chi connectivity index (χ1v) is 11.0. The van der Waals surface area contributed by atoms with E-state index in [9.17, 15) is 18.8 Å². The second-order valence-corrected chi connectivity index (χ2v) is 8.68. The molecule has 0 N–H and O–H groups in total. The second-order valence-electron chi connectivity index (χ2n) is 8.68. The number of likely N-dealkylation sites (tertiary alicyclic amines) is 1. The average molecular weight is 454 g/mol. The number of para-hydroxylation sites is 1. The molecule has 0 saturated carbocycles. The van der Waals surface area contributed by atoms with E-state index in [1.165, 1.54) is 26.3 Å². The van der Waals surface area contributed by atoms with Crippen LogP contribution < -0.4 is 4.74 Å². The number of hydrogen-bond acceptors (Lipinski definition) is 5. The van der Waals surface area contributed by atoms with Crippen molar-refractivity contribution in [3.05, 3.63) is 65.5 Å². The molecule has 0 aliphatic carbocycles. The summed E-state index contributed by atoms with van der Waals surface area (Å²) in [6, 6.07) is 13.6. The van der Waals surface area contributed by atoms with Crippen LogP contribution in [-0.2, 0) is 26.3 Å². The monoisotopic (exact) mass is 453 g/mol. The Labute approximate surface area is 192 Å². The van der Waals surface area contributed by atoms with Gasteiger partial charge in [-0.1, -0.05) is 30.3 Å². The zero-order valence-electron chi connectivity index (χ0n) is 18.9. The third-order valence-corrected chi connectivity index (χ3v) is 6.64. The minimum Gasteiger partial charge on any atom is -0.496 e. The topological polar surface area (TPSA) is 70.2 Å². The van der Waals surface area contributed by atoms with E-state index in [0.29, 0.717) is 44.0 Å². The highest BCUT2D eigenvalue weighted by Crippen LogP contribution is 2.43. The second kappa shape index (κ2) is 9.31. The molecule has 1 atom stereocenters. The first-order chi connectivity index (χ1) is 15.8. The van der Waals surface area contributed by atoms with Crippen LogP contribution in [0, 0.1) is 5.82 Å². The van der Waals surface area contributed by atoms with Crippen LogP contribution in [0.4, 0.5) is 4.39 Å². The molecule has 174 valence electrons. The van der Waals surface area contributed by atoms with Gasteiger partial charge < -0.3 is 9.64 Å². The maximum absolute atomic E-state index is 13.5. The van der Waals surface area contributed by atoms with Crippen molar-refractivity contribution in [2.75, 3.05) is 40.3 Å². The van der Waals surface area contributed by atoms with Crippen LogP contribution in [0.15, 0.2) is 48.5 Å². The summed E-state index contributed by atoms with van der Waals surface area (Å²) in [6.45, 7) is 2.93. The fourth-order valence-electron chi connectivity index (χ4n) is 4.79. The van der Waals surface area contributed by atoms with Gasteiger partial charge in [-0.2, -0.15) is 0 Å². The van der Waals surface area contributed by atoms with Crippen molar-refractivity contribution in [1.29, 1.82) is 0 Å². The molecule has 2 aromatic rings. The molecule has 2 aliphatic heterocycles. The largest absolute Gasteiger partial charge is 0.496 e. The van der Waals surface area contributed by atoms with E-state index in [4.69, 9.17) is 4.74 Å². The summed E-state index contributed by atoms with van der Waals surface area (Å²) in [7, 11) is 2.97. The molecule has 8 heteroatoms. The van der Waals surface area contributed by atoms with Gasteiger partial charge in [0.25, 0.3) is 0 Å². The van der Waals surface area contributed by atoms with Gasteiger partial charge in [0.2, 0.25) is 17.7 Å². The van der Waals surface area contributed by atoms with E-state index >= 15 is 0 Å². The summed E-state index contributed by atoms with van der Waals surface area (Å²) in [5, 5.41) is 0. The fraction of sp³-hybridized carbons (Fsp3) is 0.400. The lowest BCUT2D eigenvalue weighted by molar-refractivity contribution is -0.142. The molecule has 2 fully saturated rings. The van der Waals surface area contributed by atoms with Crippen molar-refractivity contribution in [3.8, 4) is 5.75 Å². The molecule has 0 aromatic heterocycles. The van der Waals surface area contributed by atoms with Crippen molar-refractivity contribution in [2.24, 2.45) is 0 Å². The predicted molar refractivity (Wildman–Crippen MR) is 120 cm³/mol. The molecular formula is C25H28FN3O4. The molecule has 0 radical (unpaired) electrons. The van der Waals surface area contributed by atoms with Crippen molar-refractivity contribution in [1.82, 2.24) is 14.7 Å². The molecule has 2 aliphatic rings. The molecule has 7 nitrogen and oxygen atoms in total. The zero-order valence-corrected chi connectivity index (χ0v) is 18.9. The molecule has 0 bridgehead atoms. The van der Waals surface area contributed by atoms with Gasteiger partial charge in [-0.3, -0.25) is 24.2 Å². The maximum Gasteiger partial charge on any atom is 0.240 e. The Balaban J connectivity index is 1.48. The van der Waals surface area contributed by atoms with E-state index in [1.807, 2.05) is 6.07 Å². The number of ether oxygens (including phenoxy) is 1. The normalized spacial score (nSPS) is 21.5. The zero-order chi connectivity index (χ0) is 23.6. The highest BCUT2D eigenvalue weighted by molar-refractivity contribution is 6.10. The number of likely N-dealkylation sites (N-methyl/N-ethyl adjacent to an activating group) is 1. The Morgan fingerprint density at radius 3 is 2.42 bits per heavy atom. The van der Waals surface area contributed by atoms with Crippen LogP contribution >= 0.6 is 0 Å². The number of imide groups is 1. The molecular weight excluding hydrogens is 425 g/mol. The molecule has 4 rings (SSSR count). The molecule has 3 amide bonds. The van der Waals surface area contributed by atoms with Crippen molar-refractivity contribution in [3.63, 3.8) is 0 Å². The number of hydrogen-bond donors (Lipinski definition) is 0. The number of amides is 3. The maximum atomic E-state index is 13.5. The SMILES string of the molecule is COc1ccccc1C1(CC(=O)N2CCN(Cc3cccc(F)c3)CC2)CC(=O)N(C)C1=O. The lowest BCUT2D eigenvalue weighted by Gasteiger charge is -2.37. The average Bonchev–Trinajstić information content (AvgIpc) is 3.03. The third kappa shape index (κ3) is 4.48. The molecule has 2 saturated heterocycles. The van der Waals surface area contributed by atoms with Crippen LogP contribution in [-0.4, -0.2) is 72.8 Å². The van der Waals surface area contributed by atoms with Gasteiger partial charge in [-0.05, 0) is 23.8 Å². The van der Waals surface area contributed by atoms with E-state index in [-0.39, 0.29) is 36.4 Å². The van der Waals surface area contributed by atoms with Gasteiger partial charge in [0.1, 0.15) is 11.6 Å². The summed E-state index contributed by atoms with van der Waals surface area (Å²) in [4.78, 5) is 44.1. The van der Waals surface area contributed by atoms with Gasteiger partial charge in [0, 0.05) is 58.2 Å². The number of carbonyl (C=O) groups excluding carboxylic acids is 3. The lowest BCUT2D eigenvalue weighted by atomic mass is 9.75. The molecule has 33 heavy (non-hydrogen) atoms. The minimum atomic E-state index is -1.27. The van der Waals surface area contributed by atoms with Crippen molar-refractivity contribution >= 4 is 17.7 Å². The van der Waals surface area contributed by atoms with Gasteiger partial charge >= 0.3 is 0 Å². The quantitative estimate of drug-likeness (QED) is 0.628.